The van der Waals surface area contributed by atoms with Crippen molar-refractivity contribution in [2.45, 2.75) is 19.1 Å². The summed E-state index contributed by atoms with van der Waals surface area (Å²) in [7, 11) is 1.62. The molecule has 102 valence electrons. The van der Waals surface area contributed by atoms with Crippen LogP contribution in [0.4, 0.5) is 0 Å². The zero-order chi connectivity index (χ0) is 13.2. The molecule has 18 heavy (non-hydrogen) atoms. The van der Waals surface area contributed by atoms with E-state index in [9.17, 15) is 5.11 Å². The Morgan fingerprint density at radius 3 is 2.94 bits per heavy atom. The molecule has 0 fully saturated rings. The van der Waals surface area contributed by atoms with E-state index in [2.05, 4.69) is 10.3 Å². The number of aliphatic hydroxyl groups is 1. The Morgan fingerprint density at radius 1 is 1.44 bits per heavy atom. The fourth-order valence-electron chi connectivity index (χ4n) is 1.48. The molecule has 0 aliphatic rings. The number of aromatic nitrogens is 1. The van der Waals surface area contributed by atoms with Gasteiger partial charge in [-0.25, -0.2) is 0 Å². The van der Waals surface area contributed by atoms with Crippen LogP contribution in [0.5, 0.6) is 0 Å². The maximum absolute atomic E-state index is 9.70. The van der Waals surface area contributed by atoms with E-state index in [1.807, 2.05) is 25.3 Å². The standard InChI is InChI=1S/C13H22N2O3/c1-11(12-4-3-5-14-8-12)15-9-13(16)10-18-7-6-17-2/h3-5,8,11,13,15-16H,6-7,9-10H2,1-2H3/t11-,13?/m1/s1. The second-order valence-electron chi connectivity index (χ2n) is 4.14. The molecule has 0 spiro atoms. The van der Waals surface area contributed by atoms with Gasteiger partial charge in [-0.15, -0.1) is 0 Å². The molecule has 5 nitrogen and oxygen atoms in total. The Bertz CT molecular complexity index is 308. The second kappa shape index (κ2) is 8.99. The first-order chi connectivity index (χ1) is 8.74. The number of nitrogens with one attached hydrogen (secondary N) is 1. The normalized spacial score (nSPS) is 14.4. The van der Waals surface area contributed by atoms with E-state index in [0.29, 0.717) is 26.4 Å². The lowest BCUT2D eigenvalue weighted by Crippen LogP contribution is -2.32. The molecule has 0 aromatic carbocycles. The first kappa shape index (κ1) is 15.0. The van der Waals surface area contributed by atoms with Crippen molar-refractivity contribution in [3.05, 3.63) is 30.1 Å². The number of pyridine rings is 1. The van der Waals surface area contributed by atoms with Gasteiger partial charge >= 0.3 is 0 Å². The van der Waals surface area contributed by atoms with Crippen molar-refractivity contribution in [3.8, 4) is 0 Å². The highest BCUT2D eigenvalue weighted by Crippen LogP contribution is 2.09. The zero-order valence-electron chi connectivity index (χ0n) is 11.0. The monoisotopic (exact) mass is 254 g/mol. The Balaban J connectivity index is 2.16. The van der Waals surface area contributed by atoms with Gasteiger partial charge in [-0.05, 0) is 18.6 Å². The van der Waals surface area contributed by atoms with Crippen LogP contribution in [0.25, 0.3) is 0 Å². The van der Waals surface area contributed by atoms with Crippen molar-refractivity contribution < 1.29 is 14.6 Å². The molecule has 1 rings (SSSR count). The Morgan fingerprint density at radius 2 is 2.28 bits per heavy atom. The molecule has 1 aromatic rings. The van der Waals surface area contributed by atoms with Crippen molar-refractivity contribution >= 4 is 0 Å². The van der Waals surface area contributed by atoms with E-state index in [1.54, 1.807) is 13.3 Å². The van der Waals surface area contributed by atoms with E-state index < -0.39 is 6.10 Å². The SMILES string of the molecule is COCCOCC(O)CN[C@H](C)c1cccnc1. The van der Waals surface area contributed by atoms with Gasteiger partial charge in [0.15, 0.2) is 0 Å². The Kier molecular flexibility index (Phi) is 7.52. The third kappa shape index (κ3) is 6.07. The van der Waals surface area contributed by atoms with Crippen LogP contribution in [0.2, 0.25) is 0 Å². The number of methoxy groups -OCH3 is 1. The number of nitrogens with zero attached hydrogens (tertiary/aromatic N) is 1. The molecule has 1 aromatic heterocycles. The van der Waals surface area contributed by atoms with Gasteiger partial charge in [0.25, 0.3) is 0 Å². The van der Waals surface area contributed by atoms with Gasteiger partial charge in [0.2, 0.25) is 0 Å². The van der Waals surface area contributed by atoms with Crippen molar-refractivity contribution in [1.82, 2.24) is 10.3 Å². The highest BCUT2D eigenvalue weighted by atomic mass is 16.5. The number of hydrogen-bond donors (Lipinski definition) is 2. The van der Waals surface area contributed by atoms with E-state index in [4.69, 9.17) is 9.47 Å². The van der Waals surface area contributed by atoms with Crippen LogP contribution in [0.15, 0.2) is 24.5 Å². The predicted octanol–water partition coefficient (Wildman–Crippen LogP) is 0.756. The van der Waals surface area contributed by atoms with Crippen LogP contribution in [0.3, 0.4) is 0 Å². The number of hydrogen-bond acceptors (Lipinski definition) is 5. The van der Waals surface area contributed by atoms with Crippen molar-refractivity contribution in [2.24, 2.45) is 0 Å². The van der Waals surface area contributed by atoms with Crippen LogP contribution in [-0.2, 0) is 9.47 Å². The molecule has 1 unspecified atom stereocenters. The minimum Gasteiger partial charge on any atom is -0.389 e. The average molecular weight is 254 g/mol. The van der Waals surface area contributed by atoms with E-state index >= 15 is 0 Å². The lowest BCUT2D eigenvalue weighted by molar-refractivity contribution is 0.0130. The van der Waals surface area contributed by atoms with Gasteiger partial charge in [0.1, 0.15) is 0 Å². The molecule has 0 amide bonds. The minimum absolute atomic E-state index is 0.160. The summed E-state index contributed by atoms with van der Waals surface area (Å²) in [5.41, 5.74) is 1.10. The van der Waals surface area contributed by atoms with E-state index in [-0.39, 0.29) is 6.04 Å². The first-order valence-electron chi connectivity index (χ1n) is 6.12. The molecule has 0 aliphatic heterocycles. The van der Waals surface area contributed by atoms with Crippen molar-refractivity contribution in [1.29, 1.82) is 0 Å². The molecule has 5 heteroatoms. The quantitative estimate of drug-likeness (QED) is 0.637. The average Bonchev–Trinajstić information content (AvgIpc) is 2.42. The summed E-state index contributed by atoms with van der Waals surface area (Å²) in [5, 5.41) is 12.9. The molecule has 1 heterocycles. The summed E-state index contributed by atoms with van der Waals surface area (Å²) < 4.78 is 10.1. The van der Waals surface area contributed by atoms with Crippen LogP contribution < -0.4 is 5.32 Å². The third-order valence-corrected chi connectivity index (χ3v) is 2.59. The molecule has 2 N–H and O–H groups in total. The molecular weight excluding hydrogens is 232 g/mol. The van der Waals surface area contributed by atoms with Gasteiger partial charge in [0.05, 0.1) is 25.9 Å². The van der Waals surface area contributed by atoms with Crippen LogP contribution >= 0.6 is 0 Å². The van der Waals surface area contributed by atoms with Gasteiger partial charge in [-0.1, -0.05) is 6.07 Å². The zero-order valence-corrected chi connectivity index (χ0v) is 11.0. The lowest BCUT2D eigenvalue weighted by atomic mass is 10.1. The minimum atomic E-state index is -0.513. The topological polar surface area (TPSA) is 63.6 Å². The van der Waals surface area contributed by atoms with E-state index in [1.165, 1.54) is 0 Å². The summed E-state index contributed by atoms with van der Waals surface area (Å²) in [6, 6.07) is 4.07. The Hall–Kier alpha value is -1.01. The highest BCUT2D eigenvalue weighted by Gasteiger charge is 2.08. The third-order valence-electron chi connectivity index (χ3n) is 2.59. The van der Waals surface area contributed by atoms with Gasteiger partial charge < -0.3 is 19.9 Å². The smallest absolute Gasteiger partial charge is 0.0897 e. The van der Waals surface area contributed by atoms with Gasteiger partial charge in [0, 0.05) is 32.1 Å². The molecule has 0 radical (unpaired) electrons. The molecule has 0 saturated carbocycles. The summed E-state index contributed by atoms with van der Waals surface area (Å²) in [6.45, 7) is 3.90. The number of ether oxygens (including phenoxy) is 2. The van der Waals surface area contributed by atoms with Crippen molar-refractivity contribution in [2.75, 3.05) is 33.5 Å². The summed E-state index contributed by atoms with van der Waals surface area (Å²) in [5.74, 6) is 0. The second-order valence-corrected chi connectivity index (χ2v) is 4.14. The highest BCUT2D eigenvalue weighted by molar-refractivity contribution is 5.12. The summed E-state index contributed by atoms with van der Waals surface area (Å²) >= 11 is 0. The lowest BCUT2D eigenvalue weighted by Gasteiger charge is -2.17. The maximum atomic E-state index is 9.70. The molecular formula is C13H22N2O3. The number of aliphatic hydroxyl groups excluding tert-OH is 1. The molecule has 0 saturated heterocycles. The fraction of sp³-hybridized carbons (Fsp3) is 0.615. The van der Waals surface area contributed by atoms with Gasteiger partial charge in [-0.3, -0.25) is 4.98 Å². The van der Waals surface area contributed by atoms with Crippen LogP contribution in [0.1, 0.15) is 18.5 Å². The fourth-order valence-corrected chi connectivity index (χ4v) is 1.48. The molecule has 0 aliphatic carbocycles. The van der Waals surface area contributed by atoms with Crippen molar-refractivity contribution in [3.63, 3.8) is 0 Å². The van der Waals surface area contributed by atoms with Gasteiger partial charge in [-0.2, -0.15) is 0 Å². The van der Waals surface area contributed by atoms with Crippen LogP contribution in [0, 0.1) is 0 Å². The largest absolute Gasteiger partial charge is 0.389 e. The first-order valence-corrected chi connectivity index (χ1v) is 6.12. The van der Waals surface area contributed by atoms with Crippen LogP contribution in [-0.4, -0.2) is 49.7 Å². The summed E-state index contributed by atoms with van der Waals surface area (Å²) in [4.78, 5) is 4.06. The Labute approximate surface area is 108 Å². The number of rotatable bonds is 9. The molecule has 0 bridgehead atoms. The predicted molar refractivity (Wildman–Crippen MR) is 69.4 cm³/mol. The molecule has 2 atom stereocenters. The maximum Gasteiger partial charge on any atom is 0.0897 e. The van der Waals surface area contributed by atoms with E-state index in [0.717, 1.165) is 5.56 Å². The summed E-state index contributed by atoms with van der Waals surface area (Å²) in [6.07, 6.45) is 3.05.